The van der Waals surface area contributed by atoms with Gasteiger partial charge in [-0.1, -0.05) is 18.1 Å². The first-order valence-corrected chi connectivity index (χ1v) is 8.22. The number of thiophene rings is 1. The fraction of sp³-hybridized carbons (Fsp3) is 0.235. The molecule has 1 saturated carbocycles. The molecular formula is C17H13N3O2S. The van der Waals surface area contributed by atoms with Crippen LogP contribution in [-0.4, -0.2) is 10.1 Å². The molecule has 0 unspecified atom stereocenters. The van der Waals surface area contributed by atoms with Crippen molar-refractivity contribution in [1.82, 2.24) is 10.1 Å². The van der Waals surface area contributed by atoms with Crippen molar-refractivity contribution >= 4 is 23.0 Å². The molecule has 114 valence electrons. The summed E-state index contributed by atoms with van der Waals surface area (Å²) in [5.74, 6) is 3.49. The third kappa shape index (κ3) is 2.71. The van der Waals surface area contributed by atoms with Crippen molar-refractivity contribution in [3.05, 3.63) is 47.1 Å². The molecule has 23 heavy (non-hydrogen) atoms. The summed E-state index contributed by atoms with van der Waals surface area (Å²) in [7, 11) is 0. The Bertz CT molecular complexity index is 899. The van der Waals surface area contributed by atoms with E-state index in [0.717, 1.165) is 17.1 Å². The third-order valence-corrected chi connectivity index (χ3v) is 4.79. The Labute approximate surface area is 136 Å². The van der Waals surface area contributed by atoms with Crippen LogP contribution < -0.4 is 0 Å². The molecule has 3 heterocycles. The first-order valence-electron chi connectivity index (χ1n) is 7.34. The Morgan fingerprint density at radius 1 is 1.43 bits per heavy atom. The average molecular weight is 323 g/mol. The lowest BCUT2D eigenvalue weighted by Gasteiger charge is -1.92. The summed E-state index contributed by atoms with van der Waals surface area (Å²) < 4.78 is 11.0. The normalized spacial score (nSPS) is 20.4. The molecule has 5 nitrogen and oxygen atoms in total. The summed E-state index contributed by atoms with van der Waals surface area (Å²) in [4.78, 5) is 5.19. The highest BCUT2D eigenvalue weighted by Gasteiger charge is 2.36. The molecule has 0 N–H and O–H groups in total. The van der Waals surface area contributed by atoms with Gasteiger partial charge in [-0.15, -0.1) is 11.3 Å². The van der Waals surface area contributed by atoms with Gasteiger partial charge in [0.05, 0.1) is 4.88 Å². The van der Waals surface area contributed by atoms with Gasteiger partial charge in [-0.05, 0) is 35.9 Å². The first-order chi connectivity index (χ1) is 11.2. The molecule has 0 aliphatic heterocycles. The molecule has 1 aliphatic rings. The van der Waals surface area contributed by atoms with Gasteiger partial charge >= 0.3 is 0 Å². The van der Waals surface area contributed by atoms with E-state index in [1.807, 2.05) is 29.6 Å². The van der Waals surface area contributed by atoms with Gasteiger partial charge in [-0.25, -0.2) is 0 Å². The predicted octanol–water partition coefficient (Wildman–Crippen LogP) is 4.58. The Morgan fingerprint density at radius 3 is 3.00 bits per heavy atom. The number of nitrogens with zero attached hydrogens (tertiary/aromatic N) is 3. The van der Waals surface area contributed by atoms with Crippen LogP contribution in [0.1, 0.15) is 36.7 Å². The van der Waals surface area contributed by atoms with Crippen LogP contribution in [0.3, 0.4) is 0 Å². The van der Waals surface area contributed by atoms with Crippen molar-refractivity contribution in [3.8, 4) is 16.8 Å². The number of hydrogen-bond acceptors (Lipinski definition) is 6. The molecule has 0 saturated heterocycles. The van der Waals surface area contributed by atoms with E-state index in [1.54, 1.807) is 6.08 Å². The van der Waals surface area contributed by atoms with Gasteiger partial charge in [-0.2, -0.15) is 10.2 Å². The second kappa shape index (κ2) is 5.52. The molecule has 3 aromatic heterocycles. The zero-order chi connectivity index (χ0) is 15.8. The van der Waals surface area contributed by atoms with Crippen LogP contribution in [0, 0.1) is 17.2 Å². The standard InChI is InChI=1S/C17H13N3O2S/c1-10-7-13(10)14-5-4-12(21-14)8-11(9-18)17-19-16(20-22-17)15-3-2-6-23-15/h2-6,8,10,13H,7H2,1H3/b11-8+/t10-,13+/m0/s1. The van der Waals surface area contributed by atoms with E-state index in [9.17, 15) is 5.26 Å². The van der Waals surface area contributed by atoms with Crippen LogP contribution in [0.4, 0.5) is 0 Å². The number of allylic oxidation sites excluding steroid dienone is 1. The minimum Gasteiger partial charge on any atom is -0.461 e. The quantitative estimate of drug-likeness (QED) is 0.657. The molecule has 0 radical (unpaired) electrons. The van der Waals surface area contributed by atoms with E-state index in [1.165, 1.54) is 11.3 Å². The minimum absolute atomic E-state index is 0.202. The van der Waals surface area contributed by atoms with Crippen LogP contribution >= 0.6 is 11.3 Å². The summed E-state index contributed by atoms with van der Waals surface area (Å²) >= 11 is 1.52. The van der Waals surface area contributed by atoms with E-state index < -0.39 is 0 Å². The zero-order valence-corrected chi connectivity index (χ0v) is 13.2. The maximum Gasteiger partial charge on any atom is 0.269 e. The monoisotopic (exact) mass is 323 g/mol. The van der Waals surface area contributed by atoms with Crippen molar-refractivity contribution in [2.45, 2.75) is 19.3 Å². The summed E-state index contributed by atoms with van der Waals surface area (Å²) in [5.41, 5.74) is 0.296. The predicted molar refractivity (Wildman–Crippen MR) is 86.3 cm³/mol. The van der Waals surface area contributed by atoms with Crippen molar-refractivity contribution in [3.63, 3.8) is 0 Å². The van der Waals surface area contributed by atoms with Gasteiger partial charge in [-0.3, -0.25) is 0 Å². The van der Waals surface area contributed by atoms with Gasteiger partial charge in [0.25, 0.3) is 5.89 Å². The third-order valence-electron chi connectivity index (χ3n) is 3.93. The smallest absolute Gasteiger partial charge is 0.269 e. The molecule has 4 rings (SSSR count). The largest absolute Gasteiger partial charge is 0.461 e. The first kappa shape index (κ1) is 14.0. The molecule has 3 aromatic rings. The van der Waals surface area contributed by atoms with E-state index in [-0.39, 0.29) is 5.89 Å². The summed E-state index contributed by atoms with van der Waals surface area (Å²) in [6.45, 7) is 2.20. The average Bonchev–Trinajstić information content (AvgIpc) is 3.09. The SMILES string of the molecule is C[C@H]1C[C@H]1c1ccc(/C=C(\C#N)c2nc(-c3cccs3)no2)o1. The Hall–Kier alpha value is -2.65. The van der Waals surface area contributed by atoms with Crippen molar-refractivity contribution in [2.75, 3.05) is 0 Å². The molecule has 0 aromatic carbocycles. The molecule has 0 amide bonds. The fourth-order valence-electron chi connectivity index (χ4n) is 2.49. The second-order valence-corrected chi connectivity index (χ2v) is 6.58. The van der Waals surface area contributed by atoms with Crippen LogP contribution in [0.15, 0.2) is 38.6 Å². The maximum atomic E-state index is 9.37. The highest BCUT2D eigenvalue weighted by molar-refractivity contribution is 7.13. The molecule has 2 atom stereocenters. The fourth-order valence-corrected chi connectivity index (χ4v) is 3.14. The summed E-state index contributed by atoms with van der Waals surface area (Å²) in [6.07, 6.45) is 2.80. The zero-order valence-electron chi connectivity index (χ0n) is 12.4. The summed E-state index contributed by atoms with van der Waals surface area (Å²) in [5, 5.41) is 15.2. The molecular weight excluding hydrogens is 310 g/mol. The topological polar surface area (TPSA) is 75.8 Å². The van der Waals surface area contributed by atoms with Gasteiger partial charge in [0.15, 0.2) is 0 Å². The second-order valence-electron chi connectivity index (χ2n) is 5.63. The van der Waals surface area contributed by atoms with Crippen LogP contribution in [0.25, 0.3) is 22.4 Å². The van der Waals surface area contributed by atoms with Crippen molar-refractivity contribution in [1.29, 1.82) is 5.26 Å². The number of rotatable bonds is 4. The molecule has 0 spiro atoms. The molecule has 0 bridgehead atoms. The van der Waals surface area contributed by atoms with Gasteiger partial charge < -0.3 is 8.94 Å². The van der Waals surface area contributed by atoms with E-state index in [4.69, 9.17) is 8.94 Å². The van der Waals surface area contributed by atoms with Crippen molar-refractivity contribution in [2.24, 2.45) is 5.92 Å². The van der Waals surface area contributed by atoms with Crippen LogP contribution in [-0.2, 0) is 0 Å². The lowest BCUT2D eigenvalue weighted by molar-refractivity contribution is 0.409. The number of hydrogen-bond donors (Lipinski definition) is 0. The molecule has 1 fully saturated rings. The maximum absolute atomic E-state index is 9.37. The van der Waals surface area contributed by atoms with Crippen molar-refractivity contribution < 1.29 is 8.94 Å². The number of furan rings is 1. The molecule has 1 aliphatic carbocycles. The number of nitriles is 1. The summed E-state index contributed by atoms with van der Waals surface area (Å²) in [6, 6.07) is 9.76. The van der Waals surface area contributed by atoms with E-state index >= 15 is 0 Å². The van der Waals surface area contributed by atoms with Crippen LogP contribution in [0.5, 0.6) is 0 Å². The number of aromatic nitrogens is 2. The van der Waals surface area contributed by atoms with Gasteiger partial charge in [0, 0.05) is 12.0 Å². The van der Waals surface area contributed by atoms with E-state index in [2.05, 4.69) is 23.1 Å². The highest BCUT2D eigenvalue weighted by Crippen LogP contribution is 2.47. The van der Waals surface area contributed by atoms with Gasteiger partial charge in [0.2, 0.25) is 5.82 Å². The minimum atomic E-state index is 0.202. The Morgan fingerprint density at radius 2 is 2.30 bits per heavy atom. The van der Waals surface area contributed by atoms with Crippen LogP contribution in [0.2, 0.25) is 0 Å². The highest BCUT2D eigenvalue weighted by atomic mass is 32.1. The van der Waals surface area contributed by atoms with Gasteiger partial charge in [0.1, 0.15) is 23.2 Å². The molecule has 6 heteroatoms. The Kier molecular flexibility index (Phi) is 3.36. The van der Waals surface area contributed by atoms with E-state index in [0.29, 0.717) is 29.0 Å². The Balaban J connectivity index is 1.61. The lowest BCUT2D eigenvalue weighted by atomic mass is 10.2. The lowest BCUT2D eigenvalue weighted by Crippen LogP contribution is -1.82.